The van der Waals surface area contributed by atoms with Crippen LogP contribution in [0.4, 0.5) is 4.39 Å². The van der Waals surface area contributed by atoms with E-state index in [9.17, 15) is 14.0 Å². The molecular weight excluding hydrogens is 395 g/mol. The predicted octanol–water partition coefficient (Wildman–Crippen LogP) is 4.00. The van der Waals surface area contributed by atoms with E-state index in [-0.39, 0.29) is 29.6 Å². The molecule has 0 radical (unpaired) electrons. The third kappa shape index (κ3) is 4.73. The van der Waals surface area contributed by atoms with Crippen molar-refractivity contribution < 1.29 is 18.7 Å². The zero-order chi connectivity index (χ0) is 22.0. The molecule has 6 heteroatoms. The van der Waals surface area contributed by atoms with E-state index in [1.54, 1.807) is 19.1 Å². The van der Waals surface area contributed by atoms with Gasteiger partial charge in [0.15, 0.2) is 6.10 Å². The number of amides is 2. The van der Waals surface area contributed by atoms with E-state index in [0.717, 1.165) is 42.4 Å². The van der Waals surface area contributed by atoms with Crippen LogP contribution in [0.2, 0.25) is 0 Å². The average Bonchev–Trinajstić information content (AvgIpc) is 3.62. The number of rotatable bonds is 7. The fourth-order valence-corrected chi connectivity index (χ4v) is 4.12. The second-order valence-corrected chi connectivity index (χ2v) is 8.42. The highest BCUT2D eigenvalue weighted by Gasteiger charge is 2.39. The zero-order valence-electron chi connectivity index (χ0n) is 18.1. The summed E-state index contributed by atoms with van der Waals surface area (Å²) in [7, 11) is 0. The molecule has 0 bridgehead atoms. The van der Waals surface area contributed by atoms with Crippen molar-refractivity contribution in [2.24, 2.45) is 5.92 Å². The molecule has 5 nitrogen and oxygen atoms in total. The Labute approximate surface area is 182 Å². The highest BCUT2D eigenvalue weighted by Crippen LogP contribution is 2.41. The van der Waals surface area contributed by atoms with Gasteiger partial charge in [-0.2, -0.15) is 0 Å². The van der Waals surface area contributed by atoms with Crippen LogP contribution >= 0.6 is 0 Å². The van der Waals surface area contributed by atoms with Crippen molar-refractivity contribution in [2.75, 3.05) is 13.1 Å². The van der Waals surface area contributed by atoms with E-state index in [0.29, 0.717) is 18.8 Å². The van der Waals surface area contributed by atoms with Crippen LogP contribution in [0.3, 0.4) is 0 Å². The van der Waals surface area contributed by atoms with Gasteiger partial charge in [0.2, 0.25) is 5.91 Å². The summed E-state index contributed by atoms with van der Waals surface area (Å²) in [6, 6.07) is 11.9. The quantitative estimate of drug-likeness (QED) is 0.731. The summed E-state index contributed by atoms with van der Waals surface area (Å²) in [4.78, 5) is 27.2. The molecule has 31 heavy (non-hydrogen) atoms. The molecule has 1 fully saturated rings. The van der Waals surface area contributed by atoms with Crippen molar-refractivity contribution in [2.45, 2.75) is 51.7 Å². The van der Waals surface area contributed by atoms with Crippen LogP contribution in [0, 0.1) is 11.7 Å². The van der Waals surface area contributed by atoms with Gasteiger partial charge < -0.3 is 15.0 Å². The molecule has 2 unspecified atom stereocenters. The number of carbonyl (C=O) groups excluding carboxylic acids is 2. The van der Waals surface area contributed by atoms with E-state index in [4.69, 9.17) is 4.74 Å². The minimum Gasteiger partial charge on any atom is -0.481 e. The lowest BCUT2D eigenvalue weighted by atomic mass is 9.87. The SMILES string of the molecule is CCCNC(=O)C(C)Oc1ccc2c(c1)C(c1ccc(F)cc1)N(C(=O)C1CC1)CC2. The van der Waals surface area contributed by atoms with Crippen molar-refractivity contribution in [3.8, 4) is 5.75 Å². The van der Waals surface area contributed by atoms with Gasteiger partial charge in [0.1, 0.15) is 11.6 Å². The largest absolute Gasteiger partial charge is 0.481 e. The molecule has 2 amide bonds. The van der Waals surface area contributed by atoms with Crippen LogP contribution in [0.25, 0.3) is 0 Å². The molecule has 1 N–H and O–H groups in total. The van der Waals surface area contributed by atoms with Gasteiger partial charge in [-0.15, -0.1) is 0 Å². The van der Waals surface area contributed by atoms with Gasteiger partial charge >= 0.3 is 0 Å². The maximum absolute atomic E-state index is 13.6. The molecule has 164 valence electrons. The van der Waals surface area contributed by atoms with E-state index >= 15 is 0 Å². The summed E-state index contributed by atoms with van der Waals surface area (Å²) in [6.45, 7) is 4.98. The summed E-state index contributed by atoms with van der Waals surface area (Å²) < 4.78 is 19.5. The number of halogens is 1. The lowest BCUT2D eigenvalue weighted by molar-refractivity contribution is -0.134. The highest BCUT2D eigenvalue weighted by atomic mass is 19.1. The van der Waals surface area contributed by atoms with Gasteiger partial charge in [0, 0.05) is 19.0 Å². The van der Waals surface area contributed by atoms with Gasteiger partial charge in [-0.05, 0) is 73.6 Å². The second-order valence-electron chi connectivity index (χ2n) is 8.42. The van der Waals surface area contributed by atoms with Crippen LogP contribution in [0.1, 0.15) is 55.8 Å². The van der Waals surface area contributed by atoms with Gasteiger partial charge in [-0.3, -0.25) is 9.59 Å². The Morgan fingerprint density at radius 1 is 1.19 bits per heavy atom. The molecule has 4 rings (SSSR count). The second kappa shape index (κ2) is 9.08. The van der Waals surface area contributed by atoms with E-state index in [1.165, 1.54) is 12.1 Å². The van der Waals surface area contributed by atoms with Crippen molar-refractivity contribution in [1.82, 2.24) is 10.2 Å². The maximum Gasteiger partial charge on any atom is 0.260 e. The Bertz CT molecular complexity index is 956. The van der Waals surface area contributed by atoms with Gasteiger partial charge in [-0.1, -0.05) is 25.1 Å². The highest BCUT2D eigenvalue weighted by molar-refractivity contribution is 5.82. The molecule has 1 aliphatic carbocycles. The number of carbonyl (C=O) groups is 2. The topological polar surface area (TPSA) is 58.6 Å². The number of hydrogen-bond donors (Lipinski definition) is 1. The lowest BCUT2D eigenvalue weighted by Gasteiger charge is -2.38. The molecule has 1 saturated carbocycles. The van der Waals surface area contributed by atoms with Crippen molar-refractivity contribution >= 4 is 11.8 Å². The van der Waals surface area contributed by atoms with Crippen LogP contribution in [0.15, 0.2) is 42.5 Å². The Hall–Kier alpha value is -2.89. The van der Waals surface area contributed by atoms with Gasteiger partial charge in [0.05, 0.1) is 6.04 Å². The third-order valence-corrected chi connectivity index (χ3v) is 5.97. The molecule has 0 saturated heterocycles. The fraction of sp³-hybridized carbons (Fsp3) is 0.440. The fourth-order valence-electron chi connectivity index (χ4n) is 4.12. The number of fused-ring (bicyclic) bond motifs is 1. The van der Waals surface area contributed by atoms with Crippen LogP contribution < -0.4 is 10.1 Å². The first-order valence-corrected chi connectivity index (χ1v) is 11.1. The lowest BCUT2D eigenvalue weighted by Crippen LogP contribution is -2.41. The minimum atomic E-state index is -0.623. The monoisotopic (exact) mass is 424 g/mol. The Balaban J connectivity index is 1.65. The van der Waals surface area contributed by atoms with Crippen LogP contribution in [-0.2, 0) is 16.0 Å². The summed E-state index contributed by atoms with van der Waals surface area (Å²) in [5.41, 5.74) is 3.00. The van der Waals surface area contributed by atoms with Gasteiger partial charge in [0.25, 0.3) is 5.91 Å². The maximum atomic E-state index is 13.6. The van der Waals surface area contributed by atoms with Crippen molar-refractivity contribution in [3.63, 3.8) is 0 Å². The number of ether oxygens (including phenoxy) is 1. The summed E-state index contributed by atoms with van der Waals surface area (Å²) >= 11 is 0. The smallest absolute Gasteiger partial charge is 0.260 e. The Morgan fingerprint density at radius 3 is 2.61 bits per heavy atom. The Kier molecular flexibility index (Phi) is 6.25. The Morgan fingerprint density at radius 2 is 1.94 bits per heavy atom. The number of benzene rings is 2. The molecule has 0 aromatic heterocycles. The van der Waals surface area contributed by atoms with Crippen LogP contribution in [-0.4, -0.2) is 35.9 Å². The van der Waals surface area contributed by atoms with E-state index in [1.807, 2.05) is 30.0 Å². The molecule has 2 aliphatic rings. The molecular formula is C25H29FN2O3. The molecule has 2 aromatic carbocycles. The van der Waals surface area contributed by atoms with Gasteiger partial charge in [-0.25, -0.2) is 4.39 Å². The molecule has 0 spiro atoms. The standard InChI is InChI=1S/C25H29FN2O3/c1-3-13-27-24(29)16(2)31-21-11-8-17-12-14-28(25(30)19-4-5-19)23(22(17)15-21)18-6-9-20(26)10-7-18/h6-11,15-16,19,23H,3-5,12-14H2,1-2H3,(H,27,29). The average molecular weight is 425 g/mol. The number of hydrogen-bond acceptors (Lipinski definition) is 3. The minimum absolute atomic E-state index is 0.103. The summed E-state index contributed by atoms with van der Waals surface area (Å²) in [5, 5.41) is 2.84. The zero-order valence-corrected chi connectivity index (χ0v) is 18.1. The predicted molar refractivity (Wildman–Crippen MR) is 116 cm³/mol. The number of nitrogens with zero attached hydrogens (tertiary/aromatic N) is 1. The normalized spacial score (nSPS) is 18.8. The molecule has 1 heterocycles. The molecule has 2 atom stereocenters. The summed E-state index contributed by atoms with van der Waals surface area (Å²) in [6.07, 6.45) is 2.87. The number of nitrogens with one attached hydrogen (secondary N) is 1. The molecule has 1 aliphatic heterocycles. The first-order chi connectivity index (χ1) is 15.0. The van der Waals surface area contributed by atoms with E-state index < -0.39 is 6.10 Å². The third-order valence-electron chi connectivity index (χ3n) is 5.97. The first-order valence-electron chi connectivity index (χ1n) is 11.1. The van der Waals surface area contributed by atoms with Crippen LogP contribution in [0.5, 0.6) is 5.75 Å². The van der Waals surface area contributed by atoms with E-state index in [2.05, 4.69) is 5.32 Å². The first kappa shape index (κ1) is 21.3. The van der Waals surface area contributed by atoms with Crippen molar-refractivity contribution in [1.29, 1.82) is 0 Å². The summed E-state index contributed by atoms with van der Waals surface area (Å²) in [5.74, 6) is 0.402. The van der Waals surface area contributed by atoms with Crippen molar-refractivity contribution in [3.05, 3.63) is 65.0 Å². The molecule has 2 aromatic rings.